The Kier molecular flexibility index (Phi) is 9.05. The van der Waals surface area contributed by atoms with Gasteiger partial charge in [0.2, 0.25) is 0 Å². The number of pyridine rings is 2. The second kappa shape index (κ2) is 8.28. The van der Waals surface area contributed by atoms with Crippen LogP contribution < -0.4 is 0 Å². The number of hydrogen-bond donors (Lipinski definition) is 0. The maximum absolute atomic E-state index is 4.19. The van der Waals surface area contributed by atoms with Gasteiger partial charge in [0.05, 0.1) is 11.4 Å². The quantitative estimate of drug-likeness (QED) is 0.665. The standard InChI is InChI=1S/C10H8N2.Au.2H2O/c1-3-7-11-9(5-1)10-6-2-4-8-12-10;;;/h1-8H;;2*1H2. The minimum Gasteiger partial charge on any atom is -0.412 e. The monoisotopic (exact) mass is 389 g/mol. The van der Waals surface area contributed by atoms with E-state index in [-0.39, 0.29) is 33.3 Å². The van der Waals surface area contributed by atoms with Gasteiger partial charge in [-0.1, -0.05) is 12.1 Å². The van der Waals surface area contributed by atoms with E-state index < -0.39 is 0 Å². The van der Waals surface area contributed by atoms with E-state index >= 15 is 0 Å². The predicted octanol–water partition coefficient (Wildman–Crippen LogP) is 0.492. The first-order valence-electron chi connectivity index (χ1n) is 3.79. The first kappa shape index (κ1) is 16.4. The molecule has 4 N–H and O–H groups in total. The zero-order valence-corrected chi connectivity index (χ0v) is 9.98. The van der Waals surface area contributed by atoms with Crippen molar-refractivity contribution in [1.29, 1.82) is 0 Å². The Morgan fingerprint density at radius 3 is 1.33 bits per heavy atom. The number of hydrogen-bond acceptors (Lipinski definition) is 2. The molecule has 5 heteroatoms. The average molecular weight is 389 g/mol. The minimum atomic E-state index is 0. The van der Waals surface area contributed by atoms with Crippen molar-refractivity contribution in [3.8, 4) is 11.4 Å². The van der Waals surface area contributed by atoms with Crippen LogP contribution in [0.1, 0.15) is 0 Å². The largest absolute Gasteiger partial charge is 0.412 e. The molecule has 4 nitrogen and oxygen atoms in total. The molecule has 0 spiro atoms. The minimum absolute atomic E-state index is 0. The molecule has 0 unspecified atom stereocenters. The normalized spacial score (nSPS) is 7.73. The van der Waals surface area contributed by atoms with E-state index in [1.54, 1.807) is 12.4 Å². The molecule has 0 fully saturated rings. The van der Waals surface area contributed by atoms with Gasteiger partial charge in [0.1, 0.15) is 0 Å². The van der Waals surface area contributed by atoms with Gasteiger partial charge in [-0.2, -0.15) is 0 Å². The van der Waals surface area contributed by atoms with Crippen LogP contribution in [-0.2, 0) is 22.4 Å². The van der Waals surface area contributed by atoms with Crippen LogP contribution in [0.2, 0.25) is 0 Å². The zero-order valence-electron chi connectivity index (χ0n) is 7.81. The van der Waals surface area contributed by atoms with Crippen LogP contribution in [0, 0.1) is 0 Å². The average Bonchev–Trinajstić information content (AvgIpc) is 2.21. The Labute approximate surface area is 104 Å². The van der Waals surface area contributed by atoms with Gasteiger partial charge in [-0.05, 0) is 24.3 Å². The van der Waals surface area contributed by atoms with Crippen LogP contribution in [0.15, 0.2) is 48.8 Å². The molecule has 2 heterocycles. The van der Waals surface area contributed by atoms with E-state index in [1.807, 2.05) is 36.4 Å². The van der Waals surface area contributed by atoms with Gasteiger partial charge in [0.15, 0.2) is 0 Å². The van der Waals surface area contributed by atoms with E-state index in [2.05, 4.69) is 9.97 Å². The second-order valence-corrected chi connectivity index (χ2v) is 2.43. The van der Waals surface area contributed by atoms with Gasteiger partial charge in [0, 0.05) is 34.8 Å². The van der Waals surface area contributed by atoms with Crippen LogP contribution in [-0.4, -0.2) is 20.9 Å². The third-order valence-electron chi connectivity index (χ3n) is 1.59. The van der Waals surface area contributed by atoms with Gasteiger partial charge in [-0.25, -0.2) is 0 Å². The van der Waals surface area contributed by atoms with Crippen molar-refractivity contribution in [1.82, 2.24) is 9.97 Å². The fourth-order valence-electron chi connectivity index (χ4n) is 1.03. The van der Waals surface area contributed by atoms with Crippen LogP contribution in [0.4, 0.5) is 0 Å². The number of aromatic nitrogens is 2. The van der Waals surface area contributed by atoms with Gasteiger partial charge in [0.25, 0.3) is 0 Å². The van der Waals surface area contributed by atoms with Crippen LogP contribution >= 0.6 is 0 Å². The van der Waals surface area contributed by atoms with Crippen LogP contribution in [0.25, 0.3) is 11.4 Å². The molecule has 0 aromatic carbocycles. The zero-order chi connectivity index (χ0) is 8.23. The smallest absolute Gasteiger partial charge is 0.0886 e. The predicted molar refractivity (Wildman–Crippen MR) is 54.7 cm³/mol. The fraction of sp³-hybridized carbons (Fsp3) is 0. The summed E-state index contributed by atoms with van der Waals surface area (Å²) in [5, 5.41) is 0. The summed E-state index contributed by atoms with van der Waals surface area (Å²) in [7, 11) is 0. The van der Waals surface area contributed by atoms with E-state index in [1.165, 1.54) is 0 Å². The summed E-state index contributed by atoms with van der Waals surface area (Å²) in [4.78, 5) is 8.37. The molecular formula is C10H12AuN2O2. The topological polar surface area (TPSA) is 88.8 Å². The van der Waals surface area contributed by atoms with Gasteiger partial charge in [-0.3, -0.25) is 9.97 Å². The van der Waals surface area contributed by atoms with Crippen molar-refractivity contribution in [2.24, 2.45) is 0 Å². The molecule has 0 saturated carbocycles. The second-order valence-electron chi connectivity index (χ2n) is 2.43. The third-order valence-corrected chi connectivity index (χ3v) is 1.59. The first-order valence-corrected chi connectivity index (χ1v) is 3.79. The number of nitrogens with zero attached hydrogens (tertiary/aromatic N) is 2. The molecule has 2 aromatic rings. The van der Waals surface area contributed by atoms with Gasteiger partial charge >= 0.3 is 0 Å². The first-order chi connectivity index (χ1) is 5.97. The maximum atomic E-state index is 4.19. The molecule has 1 radical (unpaired) electrons. The molecule has 0 amide bonds. The molecule has 2 aromatic heterocycles. The summed E-state index contributed by atoms with van der Waals surface area (Å²) in [5.41, 5.74) is 1.83. The summed E-state index contributed by atoms with van der Waals surface area (Å²) in [6, 6.07) is 11.6. The summed E-state index contributed by atoms with van der Waals surface area (Å²) < 4.78 is 0. The molecule has 0 aliphatic heterocycles. The van der Waals surface area contributed by atoms with Crippen molar-refractivity contribution in [2.75, 3.05) is 0 Å². The molecule has 2 rings (SSSR count). The van der Waals surface area contributed by atoms with E-state index in [9.17, 15) is 0 Å². The molecule has 0 aliphatic rings. The van der Waals surface area contributed by atoms with Crippen molar-refractivity contribution in [2.45, 2.75) is 0 Å². The van der Waals surface area contributed by atoms with Crippen molar-refractivity contribution in [3.05, 3.63) is 48.8 Å². The van der Waals surface area contributed by atoms with Crippen LogP contribution in [0.5, 0.6) is 0 Å². The molecule has 0 atom stereocenters. The maximum Gasteiger partial charge on any atom is 0.0886 e. The molecular weight excluding hydrogens is 377 g/mol. The molecule has 0 aliphatic carbocycles. The van der Waals surface area contributed by atoms with Gasteiger partial charge in [-0.15, -0.1) is 0 Å². The molecule has 0 bridgehead atoms. The van der Waals surface area contributed by atoms with Crippen molar-refractivity contribution >= 4 is 0 Å². The molecule has 15 heavy (non-hydrogen) atoms. The molecule has 0 saturated heterocycles. The van der Waals surface area contributed by atoms with E-state index in [0.29, 0.717) is 0 Å². The summed E-state index contributed by atoms with van der Waals surface area (Å²) in [6.07, 6.45) is 3.54. The SMILES string of the molecule is O.O.[Au].c1ccc(-c2ccccn2)nc1. The van der Waals surface area contributed by atoms with Gasteiger partial charge < -0.3 is 11.0 Å². The van der Waals surface area contributed by atoms with E-state index in [0.717, 1.165) is 11.4 Å². The summed E-state index contributed by atoms with van der Waals surface area (Å²) >= 11 is 0. The Morgan fingerprint density at radius 1 is 0.667 bits per heavy atom. The van der Waals surface area contributed by atoms with E-state index in [4.69, 9.17) is 0 Å². The molecule has 85 valence electrons. The summed E-state index contributed by atoms with van der Waals surface area (Å²) in [5.74, 6) is 0. The Morgan fingerprint density at radius 2 is 1.07 bits per heavy atom. The van der Waals surface area contributed by atoms with Crippen molar-refractivity contribution < 1.29 is 33.3 Å². The Bertz CT molecular complexity index is 319. The van der Waals surface area contributed by atoms with Crippen molar-refractivity contribution in [3.63, 3.8) is 0 Å². The fourth-order valence-corrected chi connectivity index (χ4v) is 1.03. The Balaban J connectivity index is 0. The Hall–Kier alpha value is -1.04. The summed E-state index contributed by atoms with van der Waals surface area (Å²) in [6.45, 7) is 0. The number of rotatable bonds is 1. The van der Waals surface area contributed by atoms with Crippen LogP contribution in [0.3, 0.4) is 0 Å². The third kappa shape index (κ3) is 4.33.